The summed E-state index contributed by atoms with van der Waals surface area (Å²) in [6, 6.07) is 3.92. The van der Waals surface area contributed by atoms with E-state index in [9.17, 15) is 8.78 Å². The molecule has 1 aromatic heterocycles. The van der Waals surface area contributed by atoms with Gasteiger partial charge < -0.3 is 16.0 Å². The maximum absolute atomic E-state index is 14.4. The Labute approximate surface area is 148 Å². The number of rotatable bonds is 3. The van der Waals surface area contributed by atoms with E-state index in [1.165, 1.54) is 30.0 Å². The fourth-order valence-electron chi connectivity index (χ4n) is 3.56. The second kappa shape index (κ2) is 6.34. The summed E-state index contributed by atoms with van der Waals surface area (Å²) in [4.78, 5) is 1.84. The molecule has 0 amide bonds. The third-order valence-corrected chi connectivity index (χ3v) is 5.77. The minimum Gasteiger partial charge on any atom is -0.392 e. The zero-order valence-electron chi connectivity index (χ0n) is 13.7. The second-order valence-corrected chi connectivity index (χ2v) is 7.43. The van der Waals surface area contributed by atoms with E-state index in [1.54, 1.807) is 12.4 Å². The molecule has 2 atom stereocenters. The predicted octanol–water partition coefficient (Wildman–Crippen LogP) is 2.78. The molecule has 2 aromatic rings. The van der Waals surface area contributed by atoms with Crippen molar-refractivity contribution in [1.82, 2.24) is 15.1 Å². The topological polar surface area (TPSA) is 59.1 Å². The van der Waals surface area contributed by atoms with Crippen LogP contribution in [-0.4, -0.2) is 22.9 Å². The summed E-state index contributed by atoms with van der Waals surface area (Å²) < 4.78 is 30.5. The number of aryl methyl sites for hydroxylation is 1. The molecule has 8 heteroatoms. The minimum atomic E-state index is -0.585. The molecule has 1 fully saturated rings. The first-order valence-electron chi connectivity index (χ1n) is 8.15. The molecule has 25 heavy (non-hydrogen) atoms. The van der Waals surface area contributed by atoms with Crippen molar-refractivity contribution in [2.45, 2.75) is 17.7 Å². The number of benzene rings is 1. The number of thioether (sulfide) groups is 1. The molecular formula is C17H19F2N5S. The van der Waals surface area contributed by atoms with Crippen LogP contribution in [0.1, 0.15) is 29.0 Å². The molecule has 2 aliphatic rings. The van der Waals surface area contributed by atoms with Gasteiger partial charge in [0.25, 0.3) is 0 Å². The summed E-state index contributed by atoms with van der Waals surface area (Å²) in [5.74, 6) is -0.828. The lowest BCUT2D eigenvalue weighted by Gasteiger charge is -2.26. The lowest BCUT2D eigenvalue weighted by molar-refractivity contribution is 0.553. The van der Waals surface area contributed by atoms with Gasteiger partial charge in [-0.15, -0.1) is 0 Å². The fraction of sp³-hybridized carbons (Fsp3) is 0.353. The number of hydrogen-bond donors (Lipinski definition) is 2. The Kier molecular flexibility index (Phi) is 4.16. The van der Waals surface area contributed by atoms with E-state index >= 15 is 0 Å². The van der Waals surface area contributed by atoms with Crippen LogP contribution >= 0.6 is 11.8 Å². The van der Waals surface area contributed by atoms with Crippen molar-refractivity contribution in [2.75, 3.05) is 18.0 Å². The van der Waals surface area contributed by atoms with Gasteiger partial charge in [-0.3, -0.25) is 4.68 Å². The Hall–Kier alpha value is -2.06. The van der Waals surface area contributed by atoms with Crippen LogP contribution in [0, 0.1) is 11.6 Å². The number of nitrogens with zero attached hydrogens (tertiary/aromatic N) is 3. The van der Waals surface area contributed by atoms with Gasteiger partial charge in [0.05, 0.1) is 28.2 Å². The Morgan fingerprint density at radius 3 is 2.76 bits per heavy atom. The van der Waals surface area contributed by atoms with Crippen molar-refractivity contribution < 1.29 is 8.78 Å². The van der Waals surface area contributed by atoms with Gasteiger partial charge in [-0.1, -0.05) is 17.8 Å². The number of nitrogens with two attached hydrogens (primary N) is 1. The smallest absolute Gasteiger partial charge is 0.132 e. The van der Waals surface area contributed by atoms with Crippen molar-refractivity contribution in [3.05, 3.63) is 58.5 Å². The van der Waals surface area contributed by atoms with Crippen LogP contribution in [0.5, 0.6) is 0 Å². The van der Waals surface area contributed by atoms with E-state index in [-0.39, 0.29) is 5.56 Å². The van der Waals surface area contributed by atoms with Gasteiger partial charge in [0.15, 0.2) is 0 Å². The molecule has 5 nitrogen and oxygen atoms in total. The van der Waals surface area contributed by atoms with Crippen molar-refractivity contribution >= 4 is 17.4 Å². The largest absolute Gasteiger partial charge is 0.392 e. The van der Waals surface area contributed by atoms with Gasteiger partial charge in [-0.2, -0.15) is 5.10 Å². The molecule has 0 saturated carbocycles. The standard InChI is InChI=1S/C17H19F2N5S/c1-23-16(10-5-6-21-7-10)13(8-22-23)24-9-14(20)25-17(24)15-11(18)3-2-4-12(15)19/h2-4,8-10,17,21H,5-7,20H2,1H3. The highest BCUT2D eigenvalue weighted by Crippen LogP contribution is 2.47. The van der Waals surface area contributed by atoms with Crippen LogP contribution in [-0.2, 0) is 7.05 Å². The molecule has 0 aliphatic carbocycles. The highest BCUT2D eigenvalue weighted by molar-refractivity contribution is 8.03. The van der Waals surface area contributed by atoms with Crippen molar-refractivity contribution in [2.24, 2.45) is 12.8 Å². The van der Waals surface area contributed by atoms with Crippen LogP contribution < -0.4 is 16.0 Å². The summed E-state index contributed by atoms with van der Waals surface area (Å²) in [7, 11) is 1.89. The van der Waals surface area contributed by atoms with E-state index in [2.05, 4.69) is 10.4 Å². The zero-order chi connectivity index (χ0) is 17.6. The van der Waals surface area contributed by atoms with Crippen LogP contribution in [0.3, 0.4) is 0 Å². The maximum atomic E-state index is 14.4. The Bertz CT molecular complexity index is 808. The SMILES string of the molecule is Cn1ncc(N2C=C(N)SC2c2c(F)cccc2F)c1C1CCNC1. The summed E-state index contributed by atoms with van der Waals surface area (Å²) >= 11 is 1.24. The monoisotopic (exact) mass is 363 g/mol. The van der Waals surface area contributed by atoms with E-state index in [1.807, 2.05) is 16.6 Å². The van der Waals surface area contributed by atoms with Crippen molar-refractivity contribution in [3.8, 4) is 0 Å². The van der Waals surface area contributed by atoms with Gasteiger partial charge in [-0.05, 0) is 25.1 Å². The number of anilines is 1. The number of nitrogens with one attached hydrogen (secondary N) is 1. The number of hydrogen-bond acceptors (Lipinski definition) is 5. The van der Waals surface area contributed by atoms with Gasteiger partial charge in [0.1, 0.15) is 17.0 Å². The summed E-state index contributed by atoms with van der Waals surface area (Å²) in [6.07, 6.45) is 4.49. The van der Waals surface area contributed by atoms with E-state index in [4.69, 9.17) is 5.73 Å². The lowest BCUT2D eigenvalue weighted by Crippen LogP contribution is -2.22. The quantitative estimate of drug-likeness (QED) is 0.878. The molecule has 3 N–H and O–H groups in total. The van der Waals surface area contributed by atoms with Crippen LogP contribution in [0.25, 0.3) is 0 Å². The van der Waals surface area contributed by atoms with E-state index in [0.29, 0.717) is 10.9 Å². The molecule has 0 radical (unpaired) electrons. The van der Waals surface area contributed by atoms with Crippen molar-refractivity contribution in [1.29, 1.82) is 0 Å². The predicted molar refractivity (Wildman–Crippen MR) is 94.9 cm³/mol. The Morgan fingerprint density at radius 1 is 1.32 bits per heavy atom. The molecule has 4 rings (SSSR count). The van der Waals surface area contributed by atoms with Gasteiger partial charge in [0, 0.05) is 25.7 Å². The average Bonchev–Trinajstić information content (AvgIpc) is 3.27. The third kappa shape index (κ3) is 2.79. The molecular weight excluding hydrogens is 344 g/mol. The van der Waals surface area contributed by atoms with Gasteiger partial charge in [0.2, 0.25) is 0 Å². The van der Waals surface area contributed by atoms with Gasteiger partial charge in [-0.25, -0.2) is 8.78 Å². The first kappa shape index (κ1) is 16.4. The normalized spacial score (nSPS) is 23.3. The van der Waals surface area contributed by atoms with Crippen LogP contribution in [0.15, 0.2) is 35.6 Å². The Morgan fingerprint density at radius 2 is 2.08 bits per heavy atom. The fourth-order valence-corrected chi connectivity index (χ4v) is 4.62. The van der Waals surface area contributed by atoms with Crippen molar-refractivity contribution in [3.63, 3.8) is 0 Å². The van der Waals surface area contributed by atoms with E-state index in [0.717, 1.165) is 30.9 Å². The molecule has 132 valence electrons. The second-order valence-electron chi connectivity index (χ2n) is 6.27. The summed E-state index contributed by atoms with van der Waals surface area (Å²) in [5.41, 5.74) is 7.91. The highest BCUT2D eigenvalue weighted by atomic mass is 32.2. The molecule has 3 heterocycles. The molecule has 1 saturated heterocycles. The molecule has 0 spiro atoms. The number of aromatic nitrogens is 2. The van der Waals surface area contributed by atoms with Crippen LogP contribution in [0.4, 0.5) is 14.5 Å². The summed E-state index contributed by atoms with van der Waals surface area (Å²) in [6.45, 7) is 1.82. The first-order valence-corrected chi connectivity index (χ1v) is 9.03. The van der Waals surface area contributed by atoms with E-state index < -0.39 is 17.0 Å². The minimum absolute atomic E-state index is 0.0172. The highest BCUT2D eigenvalue weighted by Gasteiger charge is 2.35. The van der Waals surface area contributed by atoms with Gasteiger partial charge >= 0.3 is 0 Å². The average molecular weight is 363 g/mol. The molecule has 0 bridgehead atoms. The summed E-state index contributed by atoms with van der Waals surface area (Å²) in [5, 5.41) is 7.67. The van der Waals surface area contributed by atoms with Crippen LogP contribution in [0.2, 0.25) is 0 Å². The molecule has 2 aliphatic heterocycles. The first-order chi connectivity index (χ1) is 12.1. The molecule has 2 unspecified atom stereocenters. The molecule has 1 aromatic carbocycles. The zero-order valence-corrected chi connectivity index (χ0v) is 14.6. The Balaban J connectivity index is 1.78. The lowest BCUT2D eigenvalue weighted by atomic mass is 10.0. The number of halogens is 2. The third-order valence-electron chi connectivity index (χ3n) is 4.70. The maximum Gasteiger partial charge on any atom is 0.132 e.